The first-order valence-corrected chi connectivity index (χ1v) is 8.09. The molecule has 23 heavy (non-hydrogen) atoms. The molecule has 3 heteroatoms. The number of benzene rings is 2. The zero-order valence-corrected chi connectivity index (χ0v) is 14.0. The summed E-state index contributed by atoms with van der Waals surface area (Å²) in [5.74, 6) is 0.932. The molecule has 120 valence electrons. The average Bonchev–Trinajstić information content (AvgIpc) is 2.52. The van der Waals surface area contributed by atoms with Gasteiger partial charge in [0.05, 0.1) is 12.2 Å². The molecule has 2 aromatic rings. The SMILES string of the molecule is Cc1ccc(CCC(=O)N2CC(C)(C)Oc3ccccc32)cc1. The highest BCUT2D eigenvalue weighted by Gasteiger charge is 2.34. The fourth-order valence-corrected chi connectivity index (χ4v) is 2.93. The van der Waals surface area contributed by atoms with Gasteiger partial charge in [-0.05, 0) is 44.9 Å². The van der Waals surface area contributed by atoms with Crippen molar-refractivity contribution in [1.82, 2.24) is 0 Å². The van der Waals surface area contributed by atoms with E-state index >= 15 is 0 Å². The number of carbonyl (C=O) groups excluding carboxylic acids is 1. The van der Waals surface area contributed by atoms with Crippen LogP contribution in [0.2, 0.25) is 0 Å². The predicted octanol–water partition coefficient (Wildman–Crippen LogP) is 4.13. The van der Waals surface area contributed by atoms with Gasteiger partial charge in [0.25, 0.3) is 0 Å². The van der Waals surface area contributed by atoms with Gasteiger partial charge in [0, 0.05) is 6.42 Å². The summed E-state index contributed by atoms with van der Waals surface area (Å²) in [6.07, 6.45) is 1.27. The van der Waals surface area contributed by atoms with E-state index in [0.29, 0.717) is 13.0 Å². The van der Waals surface area contributed by atoms with E-state index in [2.05, 4.69) is 31.2 Å². The lowest BCUT2D eigenvalue weighted by Crippen LogP contribution is -2.49. The molecule has 0 spiro atoms. The first-order chi connectivity index (χ1) is 10.9. The highest BCUT2D eigenvalue weighted by Crippen LogP contribution is 2.36. The average molecular weight is 309 g/mol. The van der Waals surface area contributed by atoms with Crippen molar-refractivity contribution < 1.29 is 9.53 Å². The molecule has 0 saturated heterocycles. The number of hydrogen-bond acceptors (Lipinski definition) is 2. The van der Waals surface area contributed by atoms with Gasteiger partial charge in [0.15, 0.2) is 0 Å². The van der Waals surface area contributed by atoms with Crippen molar-refractivity contribution in [2.45, 2.75) is 39.2 Å². The van der Waals surface area contributed by atoms with E-state index in [0.717, 1.165) is 17.9 Å². The quantitative estimate of drug-likeness (QED) is 0.853. The van der Waals surface area contributed by atoms with E-state index in [-0.39, 0.29) is 11.5 Å². The van der Waals surface area contributed by atoms with Crippen LogP contribution < -0.4 is 9.64 Å². The highest BCUT2D eigenvalue weighted by atomic mass is 16.5. The molecule has 0 bridgehead atoms. The summed E-state index contributed by atoms with van der Waals surface area (Å²) in [7, 11) is 0. The van der Waals surface area contributed by atoms with Crippen molar-refractivity contribution in [3.8, 4) is 5.75 Å². The van der Waals surface area contributed by atoms with Crippen LogP contribution in [0.1, 0.15) is 31.4 Å². The van der Waals surface area contributed by atoms with Gasteiger partial charge in [-0.3, -0.25) is 4.79 Å². The number of aryl methyl sites for hydroxylation is 2. The van der Waals surface area contributed by atoms with Crippen molar-refractivity contribution in [1.29, 1.82) is 0 Å². The van der Waals surface area contributed by atoms with Crippen molar-refractivity contribution in [2.24, 2.45) is 0 Å². The summed E-state index contributed by atoms with van der Waals surface area (Å²) in [6, 6.07) is 16.1. The number of para-hydroxylation sites is 2. The van der Waals surface area contributed by atoms with Crippen LogP contribution in [0.15, 0.2) is 48.5 Å². The van der Waals surface area contributed by atoms with Crippen molar-refractivity contribution in [2.75, 3.05) is 11.4 Å². The van der Waals surface area contributed by atoms with E-state index in [1.54, 1.807) is 0 Å². The van der Waals surface area contributed by atoms with E-state index in [1.165, 1.54) is 11.1 Å². The third kappa shape index (κ3) is 3.55. The van der Waals surface area contributed by atoms with Gasteiger partial charge in [-0.1, -0.05) is 42.0 Å². The number of hydrogen-bond donors (Lipinski definition) is 0. The molecule has 3 nitrogen and oxygen atoms in total. The van der Waals surface area contributed by atoms with Crippen LogP contribution in [0.4, 0.5) is 5.69 Å². The standard InChI is InChI=1S/C20H23NO2/c1-15-8-10-16(11-9-15)12-13-19(22)21-14-20(2,3)23-18-7-5-4-6-17(18)21/h4-11H,12-14H2,1-3H3. The topological polar surface area (TPSA) is 29.5 Å². The molecule has 1 aliphatic heterocycles. The first-order valence-electron chi connectivity index (χ1n) is 8.09. The molecule has 0 saturated carbocycles. The van der Waals surface area contributed by atoms with Crippen LogP contribution in [0, 0.1) is 6.92 Å². The molecular weight excluding hydrogens is 286 g/mol. The summed E-state index contributed by atoms with van der Waals surface area (Å²) in [4.78, 5) is 14.6. The van der Waals surface area contributed by atoms with Crippen LogP contribution in [0.25, 0.3) is 0 Å². The van der Waals surface area contributed by atoms with Gasteiger partial charge in [0.1, 0.15) is 11.4 Å². The number of anilines is 1. The smallest absolute Gasteiger partial charge is 0.227 e. The minimum atomic E-state index is -0.367. The Morgan fingerprint density at radius 1 is 1.13 bits per heavy atom. The lowest BCUT2D eigenvalue weighted by Gasteiger charge is -2.39. The number of nitrogens with zero attached hydrogens (tertiary/aromatic N) is 1. The lowest BCUT2D eigenvalue weighted by atomic mass is 10.0. The van der Waals surface area contributed by atoms with Crippen LogP contribution >= 0.6 is 0 Å². The maximum Gasteiger partial charge on any atom is 0.227 e. The van der Waals surface area contributed by atoms with E-state index in [1.807, 2.05) is 43.0 Å². The van der Waals surface area contributed by atoms with Crippen molar-refractivity contribution in [3.63, 3.8) is 0 Å². The molecule has 0 radical (unpaired) electrons. The number of fused-ring (bicyclic) bond motifs is 1. The Balaban J connectivity index is 1.75. The van der Waals surface area contributed by atoms with Crippen LogP contribution in [0.5, 0.6) is 5.75 Å². The molecule has 0 atom stereocenters. The summed E-state index contributed by atoms with van der Waals surface area (Å²) in [5, 5.41) is 0. The number of ether oxygens (including phenoxy) is 1. The van der Waals surface area contributed by atoms with Crippen LogP contribution in [-0.2, 0) is 11.2 Å². The molecule has 0 aliphatic carbocycles. The third-order valence-corrected chi connectivity index (χ3v) is 4.13. The van der Waals surface area contributed by atoms with Gasteiger partial charge in [0.2, 0.25) is 5.91 Å². The van der Waals surface area contributed by atoms with Crippen molar-refractivity contribution in [3.05, 3.63) is 59.7 Å². The van der Waals surface area contributed by atoms with Crippen LogP contribution in [-0.4, -0.2) is 18.1 Å². The van der Waals surface area contributed by atoms with Gasteiger partial charge < -0.3 is 9.64 Å². The van der Waals surface area contributed by atoms with Crippen molar-refractivity contribution >= 4 is 11.6 Å². The number of rotatable bonds is 3. The van der Waals surface area contributed by atoms with Gasteiger partial charge in [-0.2, -0.15) is 0 Å². The molecule has 0 fully saturated rings. The Bertz CT molecular complexity index is 704. The first kappa shape index (κ1) is 15.6. The van der Waals surface area contributed by atoms with Gasteiger partial charge in [-0.15, -0.1) is 0 Å². The molecule has 3 rings (SSSR count). The van der Waals surface area contributed by atoms with Gasteiger partial charge in [-0.25, -0.2) is 0 Å². The zero-order chi connectivity index (χ0) is 16.4. The summed E-state index contributed by atoms with van der Waals surface area (Å²) in [6.45, 7) is 6.69. The molecule has 0 aromatic heterocycles. The zero-order valence-electron chi connectivity index (χ0n) is 14.0. The third-order valence-electron chi connectivity index (χ3n) is 4.13. The van der Waals surface area contributed by atoms with E-state index in [4.69, 9.17) is 4.74 Å². The lowest BCUT2D eigenvalue weighted by molar-refractivity contribution is -0.119. The second kappa shape index (κ2) is 6.07. The largest absolute Gasteiger partial charge is 0.484 e. The Hall–Kier alpha value is -2.29. The van der Waals surface area contributed by atoms with Crippen LogP contribution in [0.3, 0.4) is 0 Å². The molecule has 1 aliphatic rings. The maximum atomic E-state index is 12.8. The Morgan fingerprint density at radius 2 is 1.83 bits per heavy atom. The molecule has 2 aromatic carbocycles. The minimum Gasteiger partial charge on any atom is -0.484 e. The number of amides is 1. The highest BCUT2D eigenvalue weighted by molar-refractivity contribution is 5.95. The monoisotopic (exact) mass is 309 g/mol. The maximum absolute atomic E-state index is 12.8. The summed E-state index contributed by atoms with van der Waals surface area (Å²) >= 11 is 0. The predicted molar refractivity (Wildman–Crippen MR) is 93.0 cm³/mol. The second-order valence-corrected chi connectivity index (χ2v) is 6.79. The Labute approximate surface area is 137 Å². The summed E-state index contributed by atoms with van der Waals surface area (Å²) < 4.78 is 5.98. The molecule has 1 amide bonds. The molecule has 0 N–H and O–H groups in total. The van der Waals surface area contributed by atoms with E-state index < -0.39 is 0 Å². The fraction of sp³-hybridized carbons (Fsp3) is 0.350. The summed E-state index contributed by atoms with van der Waals surface area (Å²) in [5.41, 5.74) is 2.95. The molecule has 0 unspecified atom stereocenters. The molecule has 1 heterocycles. The van der Waals surface area contributed by atoms with E-state index in [9.17, 15) is 4.79 Å². The van der Waals surface area contributed by atoms with Gasteiger partial charge >= 0.3 is 0 Å². The second-order valence-electron chi connectivity index (χ2n) is 6.79. The fourth-order valence-electron chi connectivity index (χ4n) is 2.93. The Morgan fingerprint density at radius 3 is 2.57 bits per heavy atom. The minimum absolute atomic E-state index is 0.148. The Kier molecular flexibility index (Phi) is 4.12. The number of carbonyl (C=O) groups is 1. The normalized spacial score (nSPS) is 15.7. The molecular formula is C20H23NO2.